The summed E-state index contributed by atoms with van der Waals surface area (Å²) in [5, 5.41) is 9.29. The van der Waals surface area contributed by atoms with Gasteiger partial charge in [-0.3, -0.25) is 9.59 Å². The van der Waals surface area contributed by atoms with Gasteiger partial charge in [0.05, 0.1) is 11.8 Å². The van der Waals surface area contributed by atoms with Gasteiger partial charge in [0.25, 0.3) is 0 Å². The third-order valence-electron chi connectivity index (χ3n) is 6.37. The number of carboxylic acid groups (broad SMARTS) is 1. The first-order valence-electron chi connectivity index (χ1n) is 7.88. The Morgan fingerprint density at radius 2 is 1.80 bits per heavy atom. The van der Waals surface area contributed by atoms with Gasteiger partial charge in [0.2, 0.25) is 5.91 Å². The second-order valence-electron chi connectivity index (χ2n) is 7.16. The normalized spacial score (nSPS) is 49.0. The number of hydrogen-bond donors (Lipinski definition) is 2. The molecule has 7 atom stereocenters. The smallest absolute Gasteiger partial charge is 0.308 e. The minimum Gasteiger partial charge on any atom is -0.481 e. The highest BCUT2D eigenvalue weighted by atomic mass is 16.4. The monoisotopic (exact) mass is 278 g/mol. The van der Waals surface area contributed by atoms with Crippen LogP contribution in [0.1, 0.15) is 38.5 Å². The highest BCUT2D eigenvalue weighted by Crippen LogP contribution is 2.50. The van der Waals surface area contributed by atoms with Gasteiger partial charge in [-0.1, -0.05) is 0 Å². The lowest BCUT2D eigenvalue weighted by atomic mass is 9.84. The van der Waals surface area contributed by atoms with E-state index in [1.54, 1.807) is 0 Å². The van der Waals surface area contributed by atoms with Crippen molar-refractivity contribution >= 4 is 11.9 Å². The molecular weight excluding hydrogens is 256 g/mol. The molecule has 2 aliphatic heterocycles. The molecule has 4 rings (SSSR count). The molecule has 0 radical (unpaired) electrons. The van der Waals surface area contributed by atoms with Crippen LogP contribution in [0.3, 0.4) is 0 Å². The molecule has 5 nitrogen and oxygen atoms in total. The molecule has 110 valence electrons. The summed E-state index contributed by atoms with van der Waals surface area (Å²) in [5.41, 5.74) is 6.27. The fraction of sp³-hybridized carbons (Fsp3) is 0.867. The summed E-state index contributed by atoms with van der Waals surface area (Å²) in [6.45, 7) is 0. The van der Waals surface area contributed by atoms with Gasteiger partial charge < -0.3 is 15.7 Å². The number of amides is 1. The summed E-state index contributed by atoms with van der Waals surface area (Å²) in [5.74, 6) is 0.000330. The second-order valence-corrected chi connectivity index (χ2v) is 7.16. The van der Waals surface area contributed by atoms with E-state index in [2.05, 4.69) is 0 Å². The molecule has 4 fully saturated rings. The Morgan fingerprint density at radius 3 is 2.40 bits per heavy atom. The van der Waals surface area contributed by atoms with Crippen LogP contribution in [0.25, 0.3) is 0 Å². The summed E-state index contributed by atoms with van der Waals surface area (Å²) >= 11 is 0. The van der Waals surface area contributed by atoms with Crippen LogP contribution in [0.2, 0.25) is 0 Å². The van der Waals surface area contributed by atoms with E-state index in [1.165, 1.54) is 6.42 Å². The molecule has 4 bridgehead atoms. The van der Waals surface area contributed by atoms with Crippen LogP contribution in [0.5, 0.6) is 0 Å². The number of carbonyl (C=O) groups is 2. The van der Waals surface area contributed by atoms with E-state index in [-0.39, 0.29) is 35.9 Å². The molecule has 7 unspecified atom stereocenters. The fourth-order valence-electron chi connectivity index (χ4n) is 5.47. The van der Waals surface area contributed by atoms with E-state index < -0.39 is 5.97 Å². The molecule has 2 saturated carbocycles. The Labute approximate surface area is 118 Å². The maximum absolute atomic E-state index is 12.9. The van der Waals surface area contributed by atoms with Crippen LogP contribution in [0.15, 0.2) is 0 Å². The molecule has 2 aliphatic carbocycles. The number of hydrogen-bond acceptors (Lipinski definition) is 3. The first-order chi connectivity index (χ1) is 9.58. The third kappa shape index (κ3) is 1.53. The van der Waals surface area contributed by atoms with Crippen molar-refractivity contribution in [2.24, 2.45) is 29.4 Å². The molecule has 2 heterocycles. The van der Waals surface area contributed by atoms with Crippen molar-refractivity contribution in [1.29, 1.82) is 0 Å². The van der Waals surface area contributed by atoms with E-state index in [9.17, 15) is 14.7 Å². The van der Waals surface area contributed by atoms with Gasteiger partial charge in [-0.05, 0) is 50.4 Å². The van der Waals surface area contributed by atoms with Crippen molar-refractivity contribution in [3.05, 3.63) is 0 Å². The summed E-state index contributed by atoms with van der Waals surface area (Å²) in [7, 11) is 0. The predicted molar refractivity (Wildman–Crippen MR) is 71.7 cm³/mol. The van der Waals surface area contributed by atoms with E-state index in [0.717, 1.165) is 25.7 Å². The minimum absolute atomic E-state index is 0.00419. The fourth-order valence-corrected chi connectivity index (χ4v) is 5.47. The van der Waals surface area contributed by atoms with Gasteiger partial charge in [-0.25, -0.2) is 0 Å². The zero-order valence-corrected chi connectivity index (χ0v) is 11.6. The average molecular weight is 278 g/mol. The molecular formula is C15H22N2O3. The standard InChI is InChI=1S/C15H22N2O3/c16-13-8-2-1-7(5-8)12(13)14(18)17-9-3-4-11(17)10(6-9)15(19)20/h7-13H,1-6,16H2,(H,19,20). The summed E-state index contributed by atoms with van der Waals surface area (Å²) in [6.07, 6.45) is 5.85. The lowest BCUT2D eigenvalue weighted by Gasteiger charge is -2.33. The molecule has 0 spiro atoms. The van der Waals surface area contributed by atoms with Crippen LogP contribution < -0.4 is 5.73 Å². The van der Waals surface area contributed by atoms with Crippen molar-refractivity contribution in [3.63, 3.8) is 0 Å². The Balaban J connectivity index is 1.56. The molecule has 3 N–H and O–H groups in total. The first kappa shape index (κ1) is 12.6. The van der Waals surface area contributed by atoms with Crippen molar-refractivity contribution in [3.8, 4) is 0 Å². The van der Waals surface area contributed by atoms with E-state index in [0.29, 0.717) is 18.3 Å². The van der Waals surface area contributed by atoms with Gasteiger partial charge >= 0.3 is 5.97 Å². The quantitative estimate of drug-likeness (QED) is 0.783. The van der Waals surface area contributed by atoms with Gasteiger partial charge in [0.15, 0.2) is 0 Å². The Morgan fingerprint density at radius 1 is 1.05 bits per heavy atom. The summed E-state index contributed by atoms with van der Waals surface area (Å²) in [6, 6.07) is 0.0841. The molecule has 1 amide bonds. The topological polar surface area (TPSA) is 83.6 Å². The molecule has 2 saturated heterocycles. The summed E-state index contributed by atoms with van der Waals surface area (Å²) < 4.78 is 0. The van der Waals surface area contributed by atoms with Crippen LogP contribution in [-0.4, -0.2) is 40.0 Å². The minimum atomic E-state index is -0.743. The molecule has 0 aromatic heterocycles. The van der Waals surface area contributed by atoms with E-state index >= 15 is 0 Å². The molecule has 5 heteroatoms. The van der Waals surface area contributed by atoms with Gasteiger partial charge in [-0.2, -0.15) is 0 Å². The average Bonchev–Trinajstić information content (AvgIpc) is 3.16. The van der Waals surface area contributed by atoms with Crippen LogP contribution in [-0.2, 0) is 9.59 Å². The zero-order chi connectivity index (χ0) is 14.0. The maximum Gasteiger partial charge on any atom is 0.308 e. The Hall–Kier alpha value is -1.10. The molecule has 20 heavy (non-hydrogen) atoms. The largest absolute Gasteiger partial charge is 0.481 e. The number of nitrogens with zero attached hydrogens (tertiary/aromatic N) is 1. The Bertz CT molecular complexity index is 464. The molecule has 0 aromatic carbocycles. The van der Waals surface area contributed by atoms with Crippen molar-refractivity contribution in [2.75, 3.05) is 0 Å². The van der Waals surface area contributed by atoms with Gasteiger partial charge in [-0.15, -0.1) is 0 Å². The van der Waals surface area contributed by atoms with Crippen LogP contribution in [0, 0.1) is 23.7 Å². The van der Waals surface area contributed by atoms with Crippen molar-refractivity contribution < 1.29 is 14.7 Å². The Kier molecular flexibility index (Phi) is 2.65. The highest BCUT2D eigenvalue weighted by molar-refractivity contribution is 5.83. The lowest BCUT2D eigenvalue weighted by molar-refractivity contribution is -0.144. The highest BCUT2D eigenvalue weighted by Gasteiger charge is 2.56. The van der Waals surface area contributed by atoms with Gasteiger partial charge in [0.1, 0.15) is 0 Å². The second kappa shape index (κ2) is 4.20. The number of nitrogens with two attached hydrogens (primary N) is 1. The van der Waals surface area contributed by atoms with Gasteiger partial charge in [0, 0.05) is 18.1 Å². The number of aliphatic carboxylic acids is 1. The van der Waals surface area contributed by atoms with E-state index in [1.807, 2.05) is 4.90 Å². The van der Waals surface area contributed by atoms with Crippen molar-refractivity contribution in [2.45, 2.75) is 56.7 Å². The lowest BCUT2D eigenvalue weighted by Crippen LogP contribution is -2.49. The van der Waals surface area contributed by atoms with Crippen molar-refractivity contribution in [1.82, 2.24) is 4.90 Å². The van der Waals surface area contributed by atoms with Crippen LogP contribution in [0.4, 0.5) is 0 Å². The van der Waals surface area contributed by atoms with E-state index in [4.69, 9.17) is 5.73 Å². The number of carboxylic acids is 1. The predicted octanol–water partition coefficient (Wildman–Crippen LogP) is 0.824. The summed E-state index contributed by atoms with van der Waals surface area (Å²) in [4.78, 5) is 26.2. The molecule has 0 aromatic rings. The molecule has 4 aliphatic rings. The zero-order valence-electron chi connectivity index (χ0n) is 11.6. The van der Waals surface area contributed by atoms with Crippen LogP contribution >= 0.6 is 0 Å². The number of fused-ring (bicyclic) bond motifs is 4. The first-order valence-corrected chi connectivity index (χ1v) is 7.88. The third-order valence-corrected chi connectivity index (χ3v) is 6.37. The number of carbonyl (C=O) groups excluding carboxylic acids is 1. The number of rotatable bonds is 2. The SMILES string of the molecule is NC1C2CCC(C2)C1C(=O)N1C2CCC1C(C(=O)O)C2. The maximum atomic E-state index is 12.9.